The van der Waals surface area contributed by atoms with Crippen LogP contribution in [0.4, 0.5) is 0 Å². The molecule has 150 valence electrons. The van der Waals surface area contributed by atoms with E-state index in [2.05, 4.69) is 15.3 Å². The zero-order chi connectivity index (χ0) is 20.2. The molecule has 7 heteroatoms. The third kappa shape index (κ3) is 4.56. The molecule has 0 unspecified atom stereocenters. The molecule has 1 aliphatic rings. The number of hydrogen-bond acceptors (Lipinski definition) is 4. The molecule has 1 saturated heterocycles. The van der Waals surface area contributed by atoms with Gasteiger partial charge in [0.25, 0.3) is 11.8 Å². The Hall–Kier alpha value is -3.35. The van der Waals surface area contributed by atoms with Crippen LogP contribution in [0.15, 0.2) is 48.8 Å². The number of aryl methyl sites for hydroxylation is 1. The first-order valence-electron chi connectivity index (χ1n) is 9.80. The van der Waals surface area contributed by atoms with Gasteiger partial charge in [-0.15, -0.1) is 0 Å². The molecule has 0 saturated carbocycles. The van der Waals surface area contributed by atoms with Crippen molar-refractivity contribution in [3.8, 4) is 5.75 Å². The molecule has 4 rings (SSSR count). The van der Waals surface area contributed by atoms with Crippen LogP contribution in [0, 0.1) is 6.92 Å². The van der Waals surface area contributed by atoms with Crippen LogP contribution < -0.4 is 10.1 Å². The largest absolute Gasteiger partial charge is 0.484 e. The van der Waals surface area contributed by atoms with Gasteiger partial charge in [0.2, 0.25) is 0 Å². The number of hydrogen-bond donors (Lipinski definition) is 2. The number of carbonyl (C=O) groups excluding carboxylic acids is 2. The molecule has 1 fully saturated rings. The summed E-state index contributed by atoms with van der Waals surface area (Å²) in [6.07, 6.45) is 3.08. The van der Waals surface area contributed by atoms with Gasteiger partial charge in [0, 0.05) is 24.7 Å². The molecule has 0 atom stereocenters. The fourth-order valence-corrected chi connectivity index (χ4v) is 3.53. The quantitative estimate of drug-likeness (QED) is 0.699. The summed E-state index contributed by atoms with van der Waals surface area (Å²) in [5.41, 5.74) is 3.49. The molecule has 7 nitrogen and oxygen atoms in total. The maximum Gasteiger partial charge on any atom is 0.258 e. The Morgan fingerprint density at radius 1 is 1.17 bits per heavy atom. The second-order valence-corrected chi connectivity index (χ2v) is 7.37. The Kier molecular flexibility index (Phi) is 5.46. The van der Waals surface area contributed by atoms with E-state index in [0.717, 1.165) is 29.4 Å². The number of imidazole rings is 1. The number of piperidine rings is 1. The number of aromatic amines is 1. The Bertz CT molecular complexity index is 1000. The first kappa shape index (κ1) is 19.0. The van der Waals surface area contributed by atoms with Crippen molar-refractivity contribution in [3.05, 3.63) is 59.9 Å². The second-order valence-electron chi connectivity index (χ2n) is 7.37. The highest BCUT2D eigenvalue weighted by molar-refractivity contribution is 5.97. The summed E-state index contributed by atoms with van der Waals surface area (Å²) in [6, 6.07) is 13.2. The highest BCUT2D eigenvalue weighted by Crippen LogP contribution is 2.17. The van der Waals surface area contributed by atoms with Crippen LogP contribution in [0.3, 0.4) is 0 Å². The number of fused-ring (bicyclic) bond motifs is 1. The number of nitrogens with zero attached hydrogens (tertiary/aromatic N) is 2. The number of ether oxygens (including phenoxy) is 1. The van der Waals surface area contributed by atoms with E-state index in [1.807, 2.05) is 54.3 Å². The van der Waals surface area contributed by atoms with Gasteiger partial charge >= 0.3 is 0 Å². The van der Waals surface area contributed by atoms with Gasteiger partial charge in [0.05, 0.1) is 17.4 Å². The molecule has 2 amide bonds. The number of amides is 2. The molecule has 1 aromatic heterocycles. The lowest BCUT2D eigenvalue weighted by Crippen LogP contribution is -2.47. The summed E-state index contributed by atoms with van der Waals surface area (Å²) >= 11 is 0. The zero-order valence-corrected chi connectivity index (χ0v) is 16.4. The molecule has 3 aromatic rings. The van der Waals surface area contributed by atoms with Crippen molar-refractivity contribution in [3.63, 3.8) is 0 Å². The van der Waals surface area contributed by atoms with E-state index in [9.17, 15) is 9.59 Å². The van der Waals surface area contributed by atoms with Gasteiger partial charge < -0.3 is 19.9 Å². The summed E-state index contributed by atoms with van der Waals surface area (Å²) in [7, 11) is 0. The fraction of sp³-hybridized carbons (Fsp3) is 0.318. The van der Waals surface area contributed by atoms with Crippen LogP contribution >= 0.6 is 0 Å². The van der Waals surface area contributed by atoms with Crippen molar-refractivity contribution in [1.29, 1.82) is 0 Å². The van der Waals surface area contributed by atoms with Crippen molar-refractivity contribution in [2.24, 2.45) is 0 Å². The predicted octanol–water partition coefficient (Wildman–Crippen LogP) is 2.67. The van der Waals surface area contributed by atoms with E-state index in [-0.39, 0.29) is 24.5 Å². The van der Waals surface area contributed by atoms with Gasteiger partial charge in [0.1, 0.15) is 5.75 Å². The van der Waals surface area contributed by atoms with Crippen LogP contribution in [0.5, 0.6) is 5.75 Å². The molecule has 2 heterocycles. The van der Waals surface area contributed by atoms with Gasteiger partial charge in [-0.05, 0) is 50.1 Å². The number of nitrogens with one attached hydrogen (secondary N) is 2. The highest BCUT2D eigenvalue weighted by Gasteiger charge is 2.25. The van der Waals surface area contributed by atoms with Gasteiger partial charge in [-0.2, -0.15) is 0 Å². The Morgan fingerprint density at radius 2 is 1.93 bits per heavy atom. The van der Waals surface area contributed by atoms with Crippen molar-refractivity contribution < 1.29 is 14.3 Å². The minimum Gasteiger partial charge on any atom is -0.484 e. The van der Waals surface area contributed by atoms with Crippen LogP contribution in [-0.2, 0) is 4.79 Å². The lowest BCUT2D eigenvalue weighted by molar-refractivity contribution is -0.124. The van der Waals surface area contributed by atoms with Crippen LogP contribution in [-0.4, -0.2) is 52.4 Å². The number of H-pyrrole nitrogens is 1. The lowest BCUT2D eigenvalue weighted by Gasteiger charge is -2.32. The monoisotopic (exact) mass is 392 g/mol. The molecule has 2 N–H and O–H groups in total. The topological polar surface area (TPSA) is 87.3 Å². The van der Waals surface area contributed by atoms with E-state index in [4.69, 9.17) is 4.74 Å². The van der Waals surface area contributed by atoms with E-state index in [1.54, 1.807) is 6.33 Å². The fourth-order valence-electron chi connectivity index (χ4n) is 3.53. The maximum absolute atomic E-state index is 12.8. The van der Waals surface area contributed by atoms with Gasteiger partial charge in [-0.25, -0.2) is 4.98 Å². The third-order valence-corrected chi connectivity index (χ3v) is 5.21. The molecular weight excluding hydrogens is 368 g/mol. The average Bonchev–Trinajstić information content (AvgIpc) is 3.21. The number of rotatable bonds is 5. The molecule has 0 spiro atoms. The van der Waals surface area contributed by atoms with Gasteiger partial charge in [-0.1, -0.05) is 17.7 Å². The standard InChI is InChI=1S/C22H24N4O3/c1-15-2-5-18(6-3-15)29-13-21(27)25-17-8-10-26(11-9-17)22(28)16-4-7-19-20(12-16)24-14-23-19/h2-7,12,14,17H,8-11,13H2,1H3,(H,23,24)(H,25,27). The van der Waals surface area contributed by atoms with Crippen molar-refractivity contribution in [1.82, 2.24) is 20.2 Å². The van der Waals surface area contributed by atoms with E-state index in [1.165, 1.54) is 0 Å². The van der Waals surface area contributed by atoms with Crippen LogP contribution in [0.1, 0.15) is 28.8 Å². The number of carbonyl (C=O) groups is 2. The minimum atomic E-state index is -0.139. The van der Waals surface area contributed by atoms with Gasteiger partial charge in [-0.3, -0.25) is 9.59 Å². The minimum absolute atomic E-state index is 0.00754. The number of likely N-dealkylation sites (tertiary alicyclic amines) is 1. The molecule has 2 aromatic carbocycles. The SMILES string of the molecule is Cc1ccc(OCC(=O)NC2CCN(C(=O)c3ccc4nc[nH]c4c3)CC2)cc1. The molecule has 0 aliphatic carbocycles. The number of aromatic nitrogens is 2. The summed E-state index contributed by atoms with van der Waals surface area (Å²) in [6.45, 7) is 3.23. The zero-order valence-electron chi connectivity index (χ0n) is 16.4. The Labute approximate surface area is 169 Å². The highest BCUT2D eigenvalue weighted by atomic mass is 16.5. The molecular formula is C22H24N4O3. The van der Waals surface area contributed by atoms with Crippen molar-refractivity contribution in [2.45, 2.75) is 25.8 Å². The summed E-state index contributed by atoms with van der Waals surface area (Å²) in [5, 5.41) is 3.01. The lowest BCUT2D eigenvalue weighted by atomic mass is 10.0. The third-order valence-electron chi connectivity index (χ3n) is 5.21. The first-order valence-corrected chi connectivity index (χ1v) is 9.80. The summed E-state index contributed by atoms with van der Waals surface area (Å²) < 4.78 is 5.53. The Balaban J connectivity index is 1.24. The molecule has 0 bridgehead atoms. The van der Waals surface area contributed by atoms with E-state index in [0.29, 0.717) is 24.4 Å². The molecule has 0 radical (unpaired) electrons. The smallest absolute Gasteiger partial charge is 0.258 e. The van der Waals surface area contributed by atoms with E-state index < -0.39 is 0 Å². The maximum atomic E-state index is 12.8. The van der Waals surface area contributed by atoms with Crippen molar-refractivity contribution in [2.75, 3.05) is 19.7 Å². The second kappa shape index (κ2) is 8.34. The molecule has 29 heavy (non-hydrogen) atoms. The van der Waals surface area contributed by atoms with Gasteiger partial charge in [0.15, 0.2) is 6.61 Å². The van der Waals surface area contributed by atoms with Crippen LogP contribution in [0.25, 0.3) is 11.0 Å². The Morgan fingerprint density at radius 3 is 2.69 bits per heavy atom. The van der Waals surface area contributed by atoms with E-state index >= 15 is 0 Å². The normalized spacial score (nSPS) is 14.7. The van der Waals surface area contributed by atoms with Crippen molar-refractivity contribution >= 4 is 22.8 Å². The molecule has 1 aliphatic heterocycles. The van der Waals surface area contributed by atoms with Crippen LogP contribution in [0.2, 0.25) is 0 Å². The summed E-state index contributed by atoms with van der Waals surface area (Å²) in [5.74, 6) is 0.550. The first-order chi connectivity index (χ1) is 14.1. The average molecular weight is 392 g/mol. The summed E-state index contributed by atoms with van der Waals surface area (Å²) in [4.78, 5) is 34.0. The predicted molar refractivity (Wildman–Crippen MR) is 110 cm³/mol. The number of benzene rings is 2.